The van der Waals surface area contributed by atoms with Gasteiger partial charge in [-0.3, -0.25) is 4.79 Å². The molecule has 1 amide bonds. The van der Waals surface area contributed by atoms with Crippen molar-refractivity contribution >= 4 is 16.0 Å². The fourth-order valence-electron chi connectivity index (χ4n) is 2.64. The van der Waals surface area contributed by atoms with Crippen LogP contribution in [0.25, 0.3) is 0 Å². The molecule has 0 spiro atoms. The van der Waals surface area contributed by atoms with E-state index in [1.54, 1.807) is 65.8 Å². The number of hydrogen-bond donors (Lipinski definition) is 0. The van der Waals surface area contributed by atoms with Crippen LogP contribution < -0.4 is 4.18 Å². The van der Waals surface area contributed by atoms with Crippen molar-refractivity contribution in [2.45, 2.75) is 13.1 Å². The molecule has 0 aliphatic heterocycles. The SMILES string of the molecule is CS(=O)(=O)Oc1cccc(CN(Cc2ccco2)C(=O)c2ccccc2)c1. The van der Waals surface area contributed by atoms with Crippen molar-refractivity contribution in [1.29, 1.82) is 0 Å². The Morgan fingerprint density at radius 3 is 2.44 bits per heavy atom. The summed E-state index contributed by atoms with van der Waals surface area (Å²) in [7, 11) is -3.62. The highest BCUT2D eigenvalue weighted by atomic mass is 32.2. The average molecular weight is 385 g/mol. The summed E-state index contributed by atoms with van der Waals surface area (Å²) < 4.78 is 33.0. The summed E-state index contributed by atoms with van der Waals surface area (Å²) in [6, 6.07) is 19.2. The molecule has 0 N–H and O–H groups in total. The summed E-state index contributed by atoms with van der Waals surface area (Å²) >= 11 is 0. The first-order valence-electron chi connectivity index (χ1n) is 8.26. The van der Waals surface area contributed by atoms with E-state index < -0.39 is 10.1 Å². The van der Waals surface area contributed by atoms with Crippen LogP contribution in [0.3, 0.4) is 0 Å². The number of furan rings is 1. The maximum Gasteiger partial charge on any atom is 0.306 e. The van der Waals surface area contributed by atoms with Crippen LogP contribution in [0.4, 0.5) is 0 Å². The summed E-state index contributed by atoms with van der Waals surface area (Å²) in [5.74, 6) is 0.712. The quantitative estimate of drug-likeness (QED) is 0.582. The van der Waals surface area contributed by atoms with Gasteiger partial charge in [0.1, 0.15) is 11.5 Å². The number of benzene rings is 2. The third-order valence-electron chi connectivity index (χ3n) is 3.75. The predicted octanol–water partition coefficient (Wildman–Crippen LogP) is 3.46. The number of rotatable bonds is 7. The maximum atomic E-state index is 12.9. The van der Waals surface area contributed by atoms with Crippen molar-refractivity contribution < 1.29 is 21.8 Å². The number of nitrogens with zero attached hydrogens (tertiary/aromatic N) is 1. The van der Waals surface area contributed by atoms with E-state index in [4.69, 9.17) is 8.60 Å². The highest BCUT2D eigenvalue weighted by Crippen LogP contribution is 2.19. The van der Waals surface area contributed by atoms with Gasteiger partial charge in [0, 0.05) is 12.1 Å². The first-order chi connectivity index (χ1) is 12.9. The zero-order valence-electron chi connectivity index (χ0n) is 14.7. The molecular formula is C20H19NO5S. The molecule has 1 aromatic heterocycles. The van der Waals surface area contributed by atoms with E-state index in [9.17, 15) is 13.2 Å². The van der Waals surface area contributed by atoms with Crippen LogP contribution in [-0.4, -0.2) is 25.5 Å². The summed E-state index contributed by atoms with van der Waals surface area (Å²) in [6.45, 7) is 0.563. The topological polar surface area (TPSA) is 76.8 Å². The zero-order valence-corrected chi connectivity index (χ0v) is 15.6. The Morgan fingerprint density at radius 1 is 1.00 bits per heavy atom. The smallest absolute Gasteiger partial charge is 0.306 e. The number of carbonyl (C=O) groups is 1. The first kappa shape index (κ1) is 18.7. The molecule has 7 heteroatoms. The number of amides is 1. The number of carbonyl (C=O) groups excluding carboxylic acids is 1. The highest BCUT2D eigenvalue weighted by molar-refractivity contribution is 7.86. The van der Waals surface area contributed by atoms with E-state index in [0.29, 0.717) is 11.3 Å². The van der Waals surface area contributed by atoms with Crippen molar-refractivity contribution in [3.05, 3.63) is 89.9 Å². The van der Waals surface area contributed by atoms with Gasteiger partial charge in [-0.1, -0.05) is 30.3 Å². The molecule has 3 aromatic rings. The van der Waals surface area contributed by atoms with Crippen molar-refractivity contribution in [3.8, 4) is 5.75 Å². The third-order valence-corrected chi connectivity index (χ3v) is 4.25. The van der Waals surface area contributed by atoms with Gasteiger partial charge in [0.05, 0.1) is 19.1 Å². The summed E-state index contributed by atoms with van der Waals surface area (Å²) in [5, 5.41) is 0. The lowest BCUT2D eigenvalue weighted by Gasteiger charge is -2.22. The van der Waals surface area contributed by atoms with Gasteiger partial charge in [-0.2, -0.15) is 8.42 Å². The standard InChI is InChI=1S/C20H19NO5S/c1-27(23,24)26-18-10-5-7-16(13-18)14-21(15-19-11-6-12-25-19)20(22)17-8-3-2-4-9-17/h2-13H,14-15H2,1H3. The largest absolute Gasteiger partial charge is 0.467 e. The summed E-state index contributed by atoms with van der Waals surface area (Å²) in [5.41, 5.74) is 1.31. The number of hydrogen-bond acceptors (Lipinski definition) is 5. The summed E-state index contributed by atoms with van der Waals surface area (Å²) in [6.07, 6.45) is 2.54. The zero-order chi connectivity index (χ0) is 19.3. The normalized spacial score (nSPS) is 11.1. The molecule has 0 aliphatic carbocycles. The lowest BCUT2D eigenvalue weighted by molar-refractivity contribution is 0.0717. The lowest BCUT2D eigenvalue weighted by Crippen LogP contribution is -2.30. The van der Waals surface area contributed by atoms with E-state index in [0.717, 1.165) is 11.8 Å². The second-order valence-corrected chi connectivity index (χ2v) is 7.62. The minimum Gasteiger partial charge on any atom is -0.467 e. The van der Waals surface area contributed by atoms with Gasteiger partial charge in [0.25, 0.3) is 5.91 Å². The van der Waals surface area contributed by atoms with Crippen LogP contribution in [-0.2, 0) is 23.2 Å². The predicted molar refractivity (Wildman–Crippen MR) is 101 cm³/mol. The van der Waals surface area contributed by atoms with Crippen LogP contribution in [0.1, 0.15) is 21.7 Å². The summed E-state index contributed by atoms with van der Waals surface area (Å²) in [4.78, 5) is 14.6. The molecule has 0 saturated heterocycles. The average Bonchev–Trinajstić information content (AvgIpc) is 3.13. The van der Waals surface area contributed by atoms with Gasteiger partial charge >= 0.3 is 10.1 Å². The molecule has 3 rings (SSSR count). The molecule has 0 bridgehead atoms. The highest BCUT2D eigenvalue weighted by Gasteiger charge is 2.18. The minimum atomic E-state index is -3.62. The molecular weight excluding hydrogens is 366 g/mol. The first-order valence-corrected chi connectivity index (χ1v) is 10.1. The van der Waals surface area contributed by atoms with E-state index in [2.05, 4.69) is 0 Å². The molecule has 0 radical (unpaired) electrons. The Kier molecular flexibility index (Phi) is 5.61. The molecule has 0 unspecified atom stereocenters. The van der Waals surface area contributed by atoms with Crippen LogP contribution in [0, 0.1) is 0 Å². The molecule has 2 aromatic carbocycles. The fourth-order valence-corrected chi connectivity index (χ4v) is 3.10. The van der Waals surface area contributed by atoms with Crippen LogP contribution in [0.2, 0.25) is 0 Å². The second kappa shape index (κ2) is 8.09. The van der Waals surface area contributed by atoms with Gasteiger partial charge < -0.3 is 13.5 Å². The van der Waals surface area contributed by atoms with Crippen LogP contribution >= 0.6 is 0 Å². The van der Waals surface area contributed by atoms with Gasteiger partial charge in [-0.05, 0) is 42.0 Å². The fraction of sp³-hybridized carbons (Fsp3) is 0.150. The van der Waals surface area contributed by atoms with Crippen LogP contribution in [0.5, 0.6) is 5.75 Å². The molecule has 0 fully saturated rings. The Balaban J connectivity index is 1.85. The molecule has 0 atom stereocenters. The minimum absolute atomic E-state index is 0.151. The van der Waals surface area contributed by atoms with Gasteiger partial charge in [-0.25, -0.2) is 0 Å². The Bertz CT molecular complexity index is 998. The van der Waals surface area contributed by atoms with E-state index >= 15 is 0 Å². The molecule has 1 heterocycles. The van der Waals surface area contributed by atoms with E-state index in [-0.39, 0.29) is 24.7 Å². The van der Waals surface area contributed by atoms with Gasteiger partial charge in [-0.15, -0.1) is 0 Å². The van der Waals surface area contributed by atoms with Crippen molar-refractivity contribution in [2.24, 2.45) is 0 Å². The molecule has 140 valence electrons. The van der Waals surface area contributed by atoms with E-state index in [1.165, 1.54) is 0 Å². The van der Waals surface area contributed by atoms with Crippen molar-refractivity contribution in [3.63, 3.8) is 0 Å². The van der Waals surface area contributed by atoms with Gasteiger partial charge in [0.2, 0.25) is 0 Å². The van der Waals surface area contributed by atoms with Crippen LogP contribution in [0.15, 0.2) is 77.4 Å². The molecule has 0 saturated carbocycles. The van der Waals surface area contributed by atoms with Crippen molar-refractivity contribution in [1.82, 2.24) is 4.90 Å². The third kappa shape index (κ3) is 5.46. The Hall–Kier alpha value is -3.06. The Morgan fingerprint density at radius 2 is 1.78 bits per heavy atom. The maximum absolute atomic E-state index is 12.9. The molecule has 27 heavy (non-hydrogen) atoms. The van der Waals surface area contributed by atoms with E-state index in [1.807, 2.05) is 12.1 Å². The van der Waals surface area contributed by atoms with Crippen molar-refractivity contribution in [2.75, 3.05) is 6.26 Å². The molecule has 0 aliphatic rings. The lowest BCUT2D eigenvalue weighted by atomic mass is 10.1. The second-order valence-electron chi connectivity index (χ2n) is 6.04. The monoisotopic (exact) mass is 385 g/mol. The molecule has 6 nitrogen and oxygen atoms in total. The Labute approximate surface area is 158 Å². The van der Waals surface area contributed by atoms with Gasteiger partial charge in [0.15, 0.2) is 0 Å².